The highest BCUT2D eigenvalue weighted by Gasteiger charge is 2.39. The zero-order valence-corrected chi connectivity index (χ0v) is 14.7. The van der Waals surface area contributed by atoms with Crippen molar-refractivity contribution >= 4 is 10.0 Å². The van der Waals surface area contributed by atoms with E-state index in [4.69, 9.17) is 0 Å². The molecule has 1 aliphatic carbocycles. The van der Waals surface area contributed by atoms with Crippen molar-refractivity contribution in [3.05, 3.63) is 11.4 Å². The number of hydrogen-bond donors (Lipinski definition) is 0. The molecule has 1 aromatic rings. The van der Waals surface area contributed by atoms with E-state index in [9.17, 15) is 13.7 Å². The van der Waals surface area contributed by atoms with Crippen molar-refractivity contribution in [3.63, 3.8) is 0 Å². The van der Waals surface area contributed by atoms with Crippen LogP contribution in [0.15, 0.2) is 4.90 Å². The molecule has 2 fully saturated rings. The van der Waals surface area contributed by atoms with Crippen molar-refractivity contribution in [2.24, 2.45) is 5.41 Å². The molecule has 0 bridgehead atoms. The van der Waals surface area contributed by atoms with Gasteiger partial charge in [0.25, 0.3) is 0 Å². The molecule has 3 rings (SSSR count). The highest BCUT2D eigenvalue weighted by Crippen LogP contribution is 2.42. The van der Waals surface area contributed by atoms with E-state index in [1.807, 2.05) is 0 Å². The highest BCUT2D eigenvalue weighted by molar-refractivity contribution is 7.89. The van der Waals surface area contributed by atoms with Gasteiger partial charge in [-0.15, -0.1) is 0 Å². The normalized spacial score (nSPS) is 21.6. The van der Waals surface area contributed by atoms with Crippen molar-refractivity contribution in [1.29, 1.82) is 5.26 Å². The van der Waals surface area contributed by atoms with Crippen molar-refractivity contribution in [1.82, 2.24) is 14.1 Å². The average Bonchev–Trinajstić information content (AvgIpc) is 2.78. The molecule has 2 heterocycles. The second-order valence-corrected chi connectivity index (χ2v) is 8.74. The summed E-state index contributed by atoms with van der Waals surface area (Å²) >= 11 is 0. The SMILES string of the molecule is Cc1nn(CC2(C#N)CCC2)c(C)c1S(=O)(=O)N1CCCCC1. The van der Waals surface area contributed by atoms with E-state index < -0.39 is 10.0 Å². The zero-order valence-electron chi connectivity index (χ0n) is 13.9. The van der Waals surface area contributed by atoms with Gasteiger partial charge in [-0.25, -0.2) is 8.42 Å². The van der Waals surface area contributed by atoms with Crippen molar-refractivity contribution < 1.29 is 8.42 Å². The van der Waals surface area contributed by atoms with Crippen LogP contribution in [0.4, 0.5) is 0 Å². The molecule has 0 radical (unpaired) electrons. The van der Waals surface area contributed by atoms with Gasteiger partial charge in [-0.05, 0) is 39.5 Å². The topological polar surface area (TPSA) is 79.0 Å². The van der Waals surface area contributed by atoms with E-state index in [-0.39, 0.29) is 5.41 Å². The molecular weight excluding hydrogens is 312 g/mol. The zero-order chi connectivity index (χ0) is 16.7. The lowest BCUT2D eigenvalue weighted by atomic mass is 9.70. The quantitative estimate of drug-likeness (QED) is 0.845. The van der Waals surface area contributed by atoms with Crippen LogP contribution in [0.1, 0.15) is 49.9 Å². The Labute approximate surface area is 138 Å². The Balaban J connectivity index is 1.93. The number of nitriles is 1. The molecule has 0 amide bonds. The molecular formula is C16H24N4O2S. The Morgan fingerprint density at radius 3 is 2.35 bits per heavy atom. The third-order valence-electron chi connectivity index (χ3n) is 5.23. The van der Waals surface area contributed by atoms with Crippen LogP contribution in [-0.4, -0.2) is 35.6 Å². The first-order chi connectivity index (χ1) is 10.9. The number of rotatable bonds is 4. The first kappa shape index (κ1) is 16.5. The van der Waals surface area contributed by atoms with Crippen molar-refractivity contribution in [2.75, 3.05) is 13.1 Å². The van der Waals surface area contributed by atoms with Crippen LogP contribution in [0.5, 0.6) is 0 Å². The molecule has 1 aromatic heterocycles. The Kier molecular flexibility index (Phi) is 4.23. The van der Waals surface area contributed by atoms with Gasteiger partial charge in [0.05, 0.1) is 29.4 Å². The summed E-state index contributed by atoms with van der Waals surface area (Å²) in [6, 6.07) is 2.40. The first-order valence-corrected chi connectivity index (χ1v) is 9.79. The molecule has 0 spiro atoms. The lowest BCUT2D eigenvalue weighted by molar-refractivity contribution is 0.173. The van der Waals surface area contributed by atoms with Gasteiger partial charge in [-0.1, -0.05) is 12.8 Å². The van der Waals surface area contributed by atoms with Gasteiger partial charge in [0, 0.05) is 13.1 Å². The minimum atomic E-state index is -3.49. The predicted octanol–water partition coefficient (Wildman–Crippen LogP) is 2.37. The van der Waals surface area contributed by atoms with Gasteiger partial charge < -0.3 is 0 Å². The van der Waals surface area contributed by atoms with E-state index in [2.05, 4.69) is 11.2 Å². The standard InChI is InChI=1S/C16H24N4O2S/c1-13-15(23(21,22)19-9-4-3-5-10-19)14(2)20(18-13)12-16(11-17)7-6-8-16/h3-10,12H2,1-2H3. The Hall–Kier alpha value is -1.39. The van der Waals surface area contributed by atoms with E-state index in [0.717, 1.165) is 38.5 Å². The van der Waals surface area contributed by atoms with Crippen LogP contribution in [0, 0.1) is 30.6 Å². The summed E-state index contributed by atoms with van der Waals surface area (Å²) in [6.45, 7) is 5.23. The summed E-state index contributed by atoms with van der Waals surface area (Å²) < 4.78 is 29.3. The minimum absolute atomic E-state index is 0.340. The summed E-state index contributed by atoms with van der Waals surface area (Å²) in [4.78, 5) is 0.340. The smallest absolute Gasteiger partial charge is 0.246 e. The largest absolute Gasteiger partial charge is 0.267 e. The van der Waals surface area contributed by atoms with E-state index in [0.29, 0.717) is 35.9 Å². The number of aryl methyl sites for hydroxylation is 1. The predicted molar refractivity (Wildman–Crippen MR) is 86.2 cm³/mol. The Morgan fingerprint density at radius 1 is 1.17 bits per heavy atom. The van der Waals surface area contributed by atoms with Gasteiger partial charge in [-0.2, -0.15) is 14.7 Å². The van der Waals surface area contributed by atoms with Crippen molar-refractivity contribution in [2.45, 2.75) is 63.8 Å². The van der Waals surface area contributed by atoms with Gasteiger partial charge in [0.1, 0.15) is 4.90 Å². The Bertz CT molecular complexity index is 735. The first-order valence-electron chi connectivity index (χ1n) is 8.35. The third kappa shape index (κ3) is 2.79. The van der Waals surface area contributed by atoms with Crippen LogP contribution in [-0.2, 0) is 16.6 Å². The van der Waals surface area contributed by atoms with E-state index in [1.165, 1.54) is 0 Å². The number of hydrogen-bond acceptors (Lipinski definition) is 4. The molecule has 0 aromatic carbocycles. The summed E-state index contributed by atoms with van der Waals surface area (Å²) in [5.74, 6) is 0. The van der Waals surface area contributed by atoms with Crippen LogP contribution < -0.4 is 0 Å². The summed E-state index contributed by atoms with van der Waals surface area (Å²) in [6.07, 6.45) is 5.73. The van der Waals surface area contributed by atoms with E-state index in [1.54, 1.807) is 22.8 Å². The lowest BCUT2D eigenvalue weighted by Gasteiger charge is -2.35. The maximum Gasteiger partial charge on any atom is 0.246 e. The number of piperidine rings is 1. The maximum absolute atomic E-state index is 13.0. The summed E-state index contributed by atoms with van der Waals surface area (Å²) in [7, 11) is -3.49. The molecule has 6 nitrogen and oxygen atoms in total. The monoisotopic (exact) mass is 336 g/mol. The third-order valence-corrected chi connectivity index (χ3v) is 7.38. The molecule has 0 atom stereocenters. The van der Waals surface area contributed by atoms with Gasteiger partial charge >= 0.3 is 0 Å². The van der Waals surface area contributed by atoms with Crippen LogP contribution >= 0.6 is 0 Å². The second-order valence-electron chi connectivity index (χ2n) is 6.87. The average molecular weight is 336 g/mol. The van der Waals surface area contributed by atoms with Gasteiger partial charge in [-0.3, -0.25) is 4.68 Å². The van der Waals surface area contributed by atoms with Gasteiger partial charge in [0.2, 0.25) is 10.0 Å². The summed E-state index contributed by atoms with van der Waals surface area (Å²) in [5.41, 5.74) is 0.838. The second kappa shape index (κ2) is 5.91. The summed E-state index contributed by atoms with van der Waals surface area (Å²) in [5, 5.41) is 13.9. The van der Waals surface area contributed by atoms with Crippen LogP contribution in [0.2, 0.25) is 0 Å². The fourth-order valence-corrected chi connectivity index (χ4v) is 5.53. The number of nitrogens with zero attached hydrogens (tertiary/aromatic N) is 4. The molecule has 0 unspecified atom stereocenters. The fourth-order valence-electron chi connectivity index (χ4n) is 3.64. The lowest BCUT2D eigenvalue weighted by Crippen LogP contribution is -2.36. The molecule has 1 saturated heterocycles. The molecule has 1 aliphatic heterocycles. The van der Waals surface area contributed by atoms with E-state index >= 15 is 0 Å². The molecule has 1 saturated carbocycles. The molecule has 0 N–H and O–H groups in total. The van der Waals surface area contributed by atoms with Crippen molar-refractivity contribution in [3.8, 4) is 6.07 Å². The molecule has 126 valence electrons. The highest BCUT2D eigenvalue weighted by atomic mass is 32.2. The van der Waals surface area contributed by atoms with Gasteiger partial charge in [0.15, 0.2) is 0 Å². The van der Waals surface area contributed by atoms with Crippen LogP contribution in [0.3, 0.4) is 0 Å². The van der Waals surface area contributed by atoms with Crippen LogP contribution in [0.25, 0.3) is 0 Å². The fraction of sp³-hybridized carbons (Fsp3) is 0.750. The Morgan fingerprint density at radius 2 is 1.83 bits per heavy atom. The molecule has 7 heteroatoms. The maximum atomic E-state index is 13.0. The molecule has 23 heavy (non-hydrogen) atoms. The molecule has 2 aliphatic rings. The number of aromatic nitrogens is 2. The number of sulfonamides is 1. The minimum Gasteiger partial charge on any atom is -0.267 e.